The topological polar surface area (TPSA) is 32.5 Å². The Balaban J connectivity index is 2.67. The molecule has 0 bridgehead atoms. The monoisotopic (exact) mass is 213 g/mol. The molecule has 90 valence electrons. The average molecular weight is 213 g/mol. The van der Waals surface area contributed by atoms with Crippen molar-refractivity contribution in [1.82, 2.24) is 9.80 Å². The molecule has 1 fully saturated rings. The Labute approximate surface area is 94.6 Å². The molecule has 0 aromatic carbocycles. The fourth-order valence-corrected chi connectivity index (χ4v) is 2.29. The number of hydrogen-bond acceptors (Lipinski definition) is 3. The quantitative estimate of drug-likeness (QED) is 0.759. The zero-order valence-electron chi connectivity index (χ0n) is 10.8. The third kappa shape index (κ3) is 2.92. The van der Waals surface area contributed by atoms with E-state index >= 15 is 0 Å². The summed E-state index contributed by atoms with van der Waals surface area (Å²) in [6.07, 6.45) is 1.26. The molecule has 0 saturated carbocycles. The lowest BCUT2D eigenvalue weighted by Crippen LogP contribution is -2.56. The summed E-state index contributed by atoms with van der Waals surface area (Å²) in [5.74, 6) is 0.617. The molecule has 0 radical (unpaired) electrons. The minimum absolute atomic E-state index is 0.172. The SMILES string of the molecule is CC(C)C(C)(CN)N1CCCN(C)CC1. The Morgan fingerprint density at radius 3 is 2.40 bits per heavy atom. The predicted molar refractivity (Wildman–Crippen MR) is 66.0 cm³/mol. The zero-order chi connectivity index (χ0) is 11.5. The van der Waals surface area contributed by atoms with Crippen LogP contribution in [0.1, 0.15) is 27.2 Å². The van der Waals surface area contributed by atoms with Crippen molar-refractivity contribution in [3.05, 3.63) is 0 Å². The molecule has 1 saturated heterocycles. The van der Waals surface area contributed by atoms with Crippen molar-refractivity contribution in [2.75, 3.05) is 39.8 Å². The van der Waals surface area contributed by atoms with Gasteiger partial charge in [-0.15, -0.1) is 0 Å². The number of rotatable bonds is 3. The molecule has 0 aromatic heterocycles. The van der Waals surface area contributed by atoms with Gasteiger partial charge in [0.15, 0.2) is 0 Å². The lowest BCUT2D eigenvalue weighted by atomic mass is 9.86. The first kappa shape index (κ1) is 12.9. The molecule has 3 nitrogen and oxygen atoms in total. The lowest BCUT2D eigenvalue weighted by molar-refractivity contribution is 0.0716. The first-order chi connectivity index (χ1) is 7.00. The summed E-state index contributed by atoms with van der Waals surface area (Å²) in [5, 5.41) is 0. The van der Waals surface area contributed by atoms with Gasteiger partial charge in [0.2, 0.25) is 0 Å². The molecule has 1 rings (SSSR count). The van der Waals surface area contributed by atoms with Crippen LogP contribution in [0.5, 0.6) is 0 Å². The standard InChI is InChI=1S/C12H27N3/c1-11(2)12(3,10-13)15-7-5-6-14(4)8-9-15/h11H,5-10,13H2,1-4H3. The molecule has 0 aromatic rings. The van der Waals surface area contributed by atoms with Gasteiger partial charge in [0.25, 0.3) is 0 Å². The van der Waals surface area contributed by atoms with E-state index in [1.165, 1.54) is 26.1 Å². The Bertz CT molecular complexity index is 193. The third-order valence-electron chi connectivity index (χ3n) is 4.10. The van der Waals surface area contributed by atoms with E-state index in [0.717, 1.165) is 13.1 Å². The second kappa shape index (κ2) is 5.28. The van der Waals surface area contributed by atoms with Crippen LogP contribution in [0.4, 0.5) is 0 Å². The van der Waals surface area contributed by atoms with E-state index in [1.54, 1.807) is 0 Å². The van der Waals surface area contributed by atoms with Gasteiger partial charge in [-0.1, -0.05) is 13.8 Å². The minimum Gasteiger partial charge on any atom is -0.329 e. The molecule has 15 heavy (non-hydrogen) atoms. The maximum atomic E-state index is 5.97. The van der Waals surface area contributed by atoms with E-state index in [4.69, 9.17) is 5.73 Å². The largest absolute Gasteiger partial charge is 0.329 e. The summed E-state index contributed by atoms with van der Waals surface area (Å²) in [4.78, 5) is 5.00. The van der Waals surface area contributed by atoms with Crippen molar-refractivity contribution in [2.24, 2.45) is 11.7 Å². The highest BCUT2D eigenvalue weighted by atomic mass is 15.3. The fraction of sp³-hybridized carbons (Fsp3) is 1.00. The molecule has 0 spiro atoms. The molecule has 2 N–H and O–H groups in total. The Kier molecular flexibility index (Phi) is 4.56. The second-order valence-electron chi connectivity index (χ2n) is 5.36. The van der Waals surface area contributed by atoms with Crippen LogP contribution in [0.25, 0.3) is 0 Å². The maximum Gasteiger partial charge on any atom is 0.0326 e. The molecule has 3 heteroatoms. The van der Waals surface area contributed by atoms with Crippen LogP contribution in [0.2, 0.25) is 0 Å². The van der Waals surface area contributed by atoms with E-state index in [9.17, 15) is 0 Å². The van der Waals surface area contributed by atoms with Crippen molar-refractivity contribution in [3.8, 4) is 0 Å². The third-order valence-corrected chi connectivity index (χ3v) is 4.10. The van der Waals surface area contributed by atoms with Gasteiger partial charge < -0.3 is 10.6 Å². The lowest BCUT2D eigenvalue weighted by Gasteiger charge is -2.43. The summed E-state index contributed by atoms with van der Waals surface area (Å²) in [5.41, 5.74) is 6.14. The van der Waals surface area contributed by atoms with Crippen LogP contribution in [-0.2, 0) is 0 Å². The molecular weight excluding hydrogens is 186 g/mol. The molecule has 1 heterocycles. The van der Waals surface area contributed by atoms with Crippen LogP contribution >= 0.6 is 0 Å². The first-order valence-corrected chi connectivity index (χ1v) is 6.14. The molecule has 1 aliphatic rings. The van der Waals surface area contributed by atoms with Crippen LogP contribution in [-0.4, -0.2) is 55.1 Å². The van der Waals surface area contributed by atoms with Gasteiger partial charge in [-0.05, 0) is 32.9 Å². The Morgan fingerprint density at radius 2 is 1.87 bits per heavy atom. The Morgan fingerprint density at radius 1 is 1.20 bits per heavy atom. The number of likely N-dealkylation sites (N-methyl/N-ethyl adjacent to an activating group) is 1. The predicted octanol–water partition coefficient (Wildman–Crippen LogP) is 0.997. The van der Waals surface area contributed by atoms with Gasteiger partial charge in [0, 0.05) is 31.7 Å². The van der Waals surface area contributed by atoms with Gasteiger partial charge in [-0.3, -0.25) is 4.90 Å². The molecule has 0 aliphatic carbocycles. The van der Waals surface area contributed by atoms with Crippen LogP contribution in [0, 0.1) is 5.92 Å². The van der Waals surface area contributed by atoms with Crippen molar-refractivity contribution >= 4 is 0 Å². The van der Waals surface area contributed by atoms with Crippen molar-refractivity contribution in [3.63, 3.8) is 0 Å². The van der Waals surface area contributed by atoms with Crippen LogP contribution in [0.3, 0.4) is 0 Å². The highest BCUT2D eigenvalue weighted by Crippen LogP contribution is 2.24. The highest BCUT2D eigenvalue weighted by molar-refractivity contribution is 4.91. The second-order valence-corrected chi connectivity index (χ2v) is 5.36. The van der Waals surface area contributed by atoms with E-state index in [0.29, 0.717) is 5.92 Å². The number of nitrogens with two attached hydrogens (primary N) is 1. The van der Waals surface area contributed by atoms with Crippen LogP contribution < -0.4 is 5.73 Å². The van der Waals surface area contributed by atoms with E-state index in [1.807, 2.05) is 0 Å². The van der Waals surface area contributed by atoms with Crippen molar-refractivity contribution in [2.45, 2.75) is 32.7 Å². The number of nitrogens with zero attached hydrogens (tertiary/aromatic N) is 2. The van der Waals surface area contributed by atoms with Gasteiger partial charge >= 0.3 is 0 Å². The number of hydrogen-bond donors (Lipinski definition) is 1. The summed E-state index contributed by atoms with van der Waals surface area (Å²) in [7, 11) is 2.21. The smallest absolute Gasteiger partial charge is 0.0326 e. The summed E-state index contributed by atoms with van der Waals surface area (Å²) in [6.45, 7) is 12.4. The van der Waals surface area contributed by atoms with Crippen molar-refractivity contribution < 1.29 is 0 Å². The van der Waals surface area contributed by atoms with E-state index in [2.05, 4.69) is 37.6 Å². The van der Waals surface area contributed by atoms with E-state index in [-0.39, 0.29) is 5.54 Å². The summed E-state index contributed by atoms with van der Waals surface area (Å²) in [6, 6.07) is 0. The summed E-state index contributed by atoms with van der Waals surface area (Å²) < 4.78 is 0. The normalized spacial score (nSPS) is 25.2. The average Bonchev–Trinajstić information content (AvgIpc) is 2.41. The van der Waals surface area contributed by atoms with Crippen molar-refractivity contribution in [1.29, 1.82) is 0 Å². The van der Waals surface area contributed by atoms with Gasteiger partial charge in [0.1, 0.15) is 0 Å². The van der Waals surface area contributed by atoms with Crippen LogP contribution in [0.15, 0.2) is 0 Å². The summed E-state index contributed by atoms with van der Waals surface area (Å²) >= 11 is 0. The van der Waals surface area contributed by atoms with Gasteiger partial charge in [-0.2, -0.15) is 0 Å². The van der Waals surface area contributed by atoms with Gasteiger partial charge in [0.05, 0.1) is 0 Å². The van der Waals surface area contributed by atoms with E-state index < -0.39 is 0 Å². The Hall–Kier alpha value is -0.120. The maximum absolute atomic E-state index is 5.97. The molecule has 1 atom stereocenters. The molecule has 1 unspecified atom stereocenters. The highest BCUT2D eigenvalue weighted by Gasteiger charge is 2.34. The molecular formula is C12H27N3. The molecule has 1 aliphatic heterocycles. The molecule has 0 amide bonds. The fourth-order valence-electron chi connectivity index (χ4n) is 2.29. The minimum atomic E-state index is 0.172. The zero-order valence-corrected chi connectivity index (χ0v) is 10.8. The first-order valence-electron chi connectivity index (χ1n) is 6.14. The van der Waals surface area contributed by atoms with Gasteiger partial charge in [-0.25, -0.2) is 0 Å².